The molecule has 0 unspecified atom stereocenters. The largest absolute Gasteiger partial charge is 0.494 e. The van der Waals surface area contributed by atoms with Gasteiger partial charge in [-0.25, -0.2) is 19.6 Å². The van der Waals surface area contributed by atoms with Gasteiger partial charge in [0.05, 0.1) is 24.6 Å². The fourth-order valence-corrected chi connectivity index (χ4v) is 4.11. The second-order valence-corrected chi connectivity index (χ2v) is 9.95. The lowest BCUT2D eigenvalue weighted by Crippen LogP contribution is -2.26. The summed E-state index contributed by atoms with van der Waals surface area (Å²) in [6, 6.07) is 13.8. The summed E-state index contributed by atoms with van der Waals surface area (Å²) in [6.45, 7) is 3.96. The standard InChI is InChI=1S/C32H34N4O8/c1-21(37)23-9-7-13-27(17-23)41-15-5-3-11-25-19-33-31(35-25)43-29(39)30(40)44-32-34-20-26(36-32)12-4-6-16-42-28-14-8-10-24(18-28)22(2)38/h7-10,13-14,17-20H,3-6,11-12,15-16H2,1-2H3,(H,33,35)(H,34,36). The maximum atomic E-state index is 12.2. The lowest BCUT2D eigenvalue weighted by molar-refractivity contribution is -0.156. The molecule has 0 atom stereocenters. The molecule has 2 heterocycles. The molecule has 12 heteroatoms. The van der Waals surface area contributed by atoms with E-state index in [0.29, 0.717) is 60.1 Å². The molecule has 2 N–H and O–H groups in total. The molecule has 0 amide bonds. The number of aromatic amines is 2. The zero-order valence-corrected chi connectivity index (χ0v) is 24.6. The Hall–Kier alpha value is -5.26. The Bertz CT molecular complexity index is 1470. The number of H-pyrrole nitrogens is 2. The summed E-state index contributed by atoms with van der Waals surface area (Å²) in [5.74, 6) is -1.24. The van der Waals surface area contributed by atoms with Crippen LogP contribution in [-0.2, 0) is 22.4 Å². The number of nitrogens with one attached hydrogen (secondary N) is 2. The first-order valence-corrected chi connectivity index (χ1v) is 14.3. The van der Waals surface area contributed by atoms with Crippen molar-refractivity contribution in [1.29, 1.82) is 0 Å². The summed E-state index contributed by atoms with van der Waals surface area (Å²) in [7, 11) is 0. The quantitative estimate of drug-likeness (QED) is 0.0784. The van der Waals surface area contributed by atoms with Crippen LogP contribution in [0.2, 0.25) is 0 Å². The zero-order chi connectivity index (χ0) is 31.3. The summed E-state index contributed by atoms with van der Waals surface area (Å²) in [5.41, 5.74) is 2.52. The number of esters is 2. The molecular formula is C32H34N4O8. The number of aryl methyl sites for hydroxylation is 2. The van der Waals surface area contributed by atoms with Gasteiger partial charge in [-0.15, -0.1) is 0 Å². The van der Waals surface area contributed by atoms with E-state index in [0.717, 1.165) is 25.7 Å². The molecule has 0 saturated carbocycles. The number of hydrogen-bond donors (Lipinski definition) is 2. The maximum Gasteiger partial charge on any atom is 0.425 e. The van der Waals surface area contributed by atoms with Crippen molar-refractivity contribution in [2.45, 2.75) is 52.4 Å². The molecule has 0 radical (unpaired) electrons. The lowest BCUT2D eigenvalue weighted by atomic mass is 10.1. The minimum absolute atomic E-state index is 0.0189. The number of aromatic nitrogens is 4. The van der Waals surface area contributed by atoms with Gasteiger partial charge in [-0.1, -0.05) is 24.3 Å². The second kappa shape index (κ2) is 15.8. The summed E-state index contributed by atoms with van der Waals surface area (Å²) >= 11 is 0. The molecule has 2 aromatic carbocycles. The van der Waals surface area contributed by atoms with Gasteiger partial charge in [0.15, 0.2) is 11.6 Å². The van der Waals surface area contributed by atoms with E-state index in [1.54, 1.807) is 60.9 Å². The molecule has 0 aliphatic rings. The number of carbonyl (C=O) groups excluding carboxylic acids is 4. The van der Waals surface area contributed by atoms with Crippen molar-refractivity contribution in [2.75, 3.05) is 13.2 Å². The van der Waals surface area contributed by atoms with E-state index in [2.05, 4.69) is 19.9 Å². The van der Waals surface area contributed by atoms with Gasteiger partial charge in [0.1, 0.15) is 11.5 Å². The number of unbranched alkanes of at least 4 members (excludes halogenated alkanes) is 2. The molecule has 4 aromatic rings. The van der Waals surface area contributed by atoms with Crippen LogP contribution in [0.1, 0.15) is 71.6 Å². The Morgan fingerprint density at radius 1 is 0.636 bits per heavy atom. The first-order valence-electron chi connectivity index (χ1n) is 14.3. The molecule has 0 fully saturated rings. The van der Waals surface area contributed by atoms with Crippen molar-refractivity contribution in [2.24, 2.45) is 0 Å². The van der Waals surface area contributed by atoms with Gasteiger partial charge < -0.3 is 28.9 Å². The van der Waals surface area contributed by atoms with Gasteiger partial charge in [-0.3, -0.25) is 9.59 Å². The van der Waals surface area contributed by atoms with Gasteiger partial charge in [0.25, 0.3) is 0 Å². The number of rotatable bonds is 16. The molecule has 230 valence electrons. The maximum absolute atomic E-state index is 12.2. The third-order valence-electron chi connectivity index (χ3n) is 6.43. The highest BCUT2D eigenvalue weighted by Crippen LogP contribution is 2.16. The van der Waals surface area contributed by atoms with Crippen LogP contribution in [0.25, 0.3) is 0 Å². The summed E-state index contributed by atoms with van der Waals surface area (Å²) in [4.78, 5) is 61.1. The van der Waals surface area contributed by atoms with Gasteiger partial charge in [0.2, 0.25) is 0 Å². The number of imidazole rings is 2. The first kappa shape index (κ1) is 31.7. The van der Waals surface area contributed by atoms with Crippen LogP contribution < -0.4 is 18.9 Å². The number of hydrogen-bond acceptors (Lipinski definition) is 10. The fourth-order valence-electron chi connectivity index (χ4n) is 4.11. The number of nitrogens with zero attached hydrogens (tertiary/aromatic N) is 2. The average Bonchev–Trinajstić information content (AvgIpc) is 3.66. The predicted molar refractivity (Wildman–Crippen MR) is 158 cm³/mol. The Morgan fingerprint density at radius 3 is 1.48 bits per heavy atom. The van der Waals surface area contributed by atoms with Crippen molar-refractivity contribution in [3.8, 4) is 23.5 Å². The lowest BCUT2D eigenvalue weighted by Gasteiger charge is -2.06. The molecule has 2 aromatic heterocycles. The molecule has 0 aliphatic carbocycles. The number of ketones is 2. The molecule has 0 spiro atoms. The molecule has 0 saturated heterocycles. The molecule has 12 nitrogen and oxygen atoms in total. The van der Waals surface area contributed by atoms with Crippen LogP contribution in [0, 0.1) is 0 Å². The first-order chi connectivity index (χ1) is 21.3. The smallest absolute Gasteiger partial charge is 0.425 e. The normalized spacial score (nSPS) is 10.7. The van der Waals surface area contributed by atoms with Crippen LogP contribution in [0.15, 0.2) is 60.9 Å². The average molecular weight is 603 g/mol. The van der Waals surface area contributed by atoms with Crippen molar-refractivity contribution in [3.05, 3.63) is 83.4 Å². The molecule has 0 bridgehead atoms. The zero-order valence-electron chi connectivity index (χ0n) is 24.6. The van der Waals surface area contributed by atoms with Crippen LogP contribution in [0.4, 0.5) is 0 Å². The van der Waals surface area contributed by atoms with Gasteiger partial charge in [0, 0.05) is 23.5 Å². The highest BCUT2D eigenvalue weighted by molar-refractivity contribution is 6.30. The topological polar surface area (TPSA) is 163 Å². The van der Waals surface area contributed by atoms with Gasteiger partial charge in [-0.2, -0.15) is 0 Å². The Kier molecular flexibility index (Phi) is 11.4. The summed E-state index contributed by atoms with van der Waals surface area (Å²) in [6.07, 6.45) is 7.40. The predicted octanol–water partition coefficient (Wildman–Crippen LogP) is 4.85. The molecule has 0 aliphatic heterocycles. The Morgan fingerprint density at radius 2 is 1.07 bits per heavy atom. The number of carbonyl (C=O) groups is 4. The highest BCUT2D eigenvalue weighted by Gasteiger charge is 2.22. The minimum Gasteiger partial charge on any atom is -0.494 e. The van der Waals surface area contributed by atoms with E-state index in [-0.39, 0.29) is 23.6 Å². The van der Waals surface area contributed by atoms with Crippen molar-refractivity contribution in [1.82, 2.24) is 19.9 Å². The van der Waals surface area contributed by atoms with Crippen molar-refractivity contribution < 1.29 is 38.1 Å². The minimum atomic E-state index is -1.24. The van der Waals surface area contributed by atoms with Crippen LogP contribution >= 0.6 is 0 Å². The van der Waals surface area contributed by atoms with Crippen LogP contribution in [0.3, 0.4) is 0 Å². The van der Waals surface area contributed by atoms with E-state index in [1.165, 1.54) is 13.8 Å². The third-order valence-corrected chi connectivity index (χ3v) is 6.43. The third kappa shape index (κ3) is 9.93. The monoisotopic (exact) mass is 602 g/mol. The number of benzene rings is 2. The van der Waals surface area contributed by atoms with Crippen molar-refractivity contribution >= 4 is 23.5 Å². The van der Waals surface area contributed by atoms with Crippen LogP contribution in [-0.4, -0.2) is 56.7 Å². The van der Waals surface area contributed by atoms with Crippen molar-refractivity contribution in [3.63, 3.8) is 0 Å². The van der Waals surface area contributed by atoms with E-state index >= 15 is 0 Å². The Balaban J connectivity index is 1.10. The Labute approximate surface area is 254 Å². The van der Waals surface area contributed by atoms with E-state index in [9.17, 15) is 19.2 Å². The fraction of sp³-hybridized carbons (Fsp3) is 0.312. The SMILES string of the molecule is CC(=O)c1cccc(OCCCCc2c[nH]c(OC(=O)C(=O)Oc3nc(CCCCOc4cccc(C(C)=O)c4)c[nH]3)n2)c1. The van der Waals surface area contributed by atoms with Crippen LogP contribution in [0.5, 0.6) is 23.5 Å². The number of Topliss-reactive ketones (excluding diaryl/α,β-unsaturated/α-hetero) is 2. The second-order valence-electron chi connectivity index (χ2n) is 9.95. The molecule has 4 rings (SSSR count). The summed E-state index contributed by atoms with van der Waals surface area (Å²) in [5, 5.41) is 0. The van der Waals surface area contributed by atoms with E-state index < -0.39 is 11.9 Å². The van der Waals surface area contributed by atoms with Gasteiger partial charge >= 0.3 is 24.0 Å². The van der Waals surface area contributed by atoms with E-state index in [1.807, 2.05) is 0 Å². The van der Waals surface area contributed by atoms with E-state index in [4.69, 9.17) is 18.9 Å². The molecular weight excluding hydrogens is 568 g/mol. The highest BCUT2D eigenvalue weighted by atomic mass is 16.6. The summed E-state index contributed by atoms with van der Waals surface area (Å²) < 4.78 is 21.4. The van der Waals surface area contributed by atoms with Gasteiger partial charge in [-0.05, 0) is 76.6 Å². The molecule has 44 heavy (non-hydrogen) atoms. The number of ether oxygens (including phenoxy) is 4.